The average molecular weight is 1010 g/mol. The van der Waals surface area contributed by atoms with Crippen LogP contribution in [0.5, 0.6) is 0 Å². The molecule has 6 nitrogen and oxygen atoms in total. The molecule has 0 aliphatic rings. The Bertz CT molecular complexity index is 1490. The lowest BCUT2D eigenvalue weighted by Crippen LogP contribution is -2.30. The third-order valence-electron chi connectivity index (χ3n) is 12.7. The predicted octanol–water partition coefficient (Wildman–Crippen LogP) is 20.7. The van der Waals surface area contributed by atoms with Crippen molar-refractivity contribution in [3.8, 4) is 0 Å². The van der Waals surface area contributed by atoms with Gasteiger partial charge in [-0.2, -0.15) is 0 Å². The van der Waals surface area contributed by atoms with Gasteiger partial charge in [0.2, 0.25) is 0 Å². The first kappa shape index (κ1) is 69.1. The predicted molar refractivity (Wildman–Crippen MR) is 316 cm³/mol. The topological polar surface area (TPSA) is 78.9 Å². The highest BCUT2D eigenvalue weighted by molar-refractivity contribution is 5.71. The number of hydrogen-bond acceptors (Lipinski definition) is 6. The maximum Gasteiger partial charge on any atom is 0.306 e. The van der Waals surface area contributed by atoms with E-state index in [0.29, 0.717) is 19.3 Å². The largest absolute Gasteiger partial charge is 0.462 e. The van der Waals surface area contributed by atoms with Crippen LogP contribution in [0.25, 0.3) is 0 Å². The van der Waals surface area contributed by atoms with Crippen molar-refractivity contribution in [1.82, 2.24) is 0 Å². The van der Waals surface area contributed by atoms with Gasteiger partial charge in [-0.25, -0.2) is 0 Å². The summed E-state index contributed by atoms with van der Waals surface area (Å²) in [6.45, 7) is 6.44. The fraction of sp³-hybridized carbons (Fsp3) is 0.687. The minimum Gasteiger partial charge on any atom is -0.462 e. The van der Waals surface area contributed by atoms with Gasteiger partial charge in [-0.1, -0.05) is 239 Å². The third-order valence-corrected chi connectivity index (χ3v) is 12.7. The first-order chi connectivity index (χ1) is 36.0. The van der Waals surface area contributed by atoms with Crippen LogP contribution >= 0.6 is 0 Å². The van der Waals surface area contributed by atoms with Crippen molar-refractivity contribution < 1.29 is 28.6 Å². The number of rotatable bonds is 54. The van der Waals surface area contributed by atoms with Gasteiger partial charge >= 0.3 is 17.9 Å². The molecule has 0 rings (SSSR count). The van der Waals surface area contributed by atoms with E-state index in [1.807, 2.05) is 0 Å². The van der Waals surface area contributed by atoms with Crippen LogP contribution in [0.1, 0.15) is 278 Å². The van der Waals surface area contributed by atoms with Crippen molar-refractivity contribution in [1.29, 1.82) is 0 Å². The van der Waals surface area contributed by atoms with Gasteiger partial charge in [-0.15, -0.1) is 0 Å². The van der Waals surface area contributed by atoms with Crippen molar-refractivity contribution in [3.05, 3.63) is 109 Å². The summed E-state index contributed by atoms with van der Waals surface area (Å²) in [5, 5.41) is 0. The van der Waals surface area contributed by atoms with Crippen molar-refractivity contribution in [2.24, 2.45) is 0 Å². The normalized spacial score (nSPS) is 12.9. The van der Waals surface area contributed by atoms with E-state index in [0.717, 1.165) is 103 Å². The standard InChI is InChI=1S/C67H112O6/c1-4-7-10-13-16-19-22-25-28-30-32-33-35-36-39-42-45-48-51-54-57-60-66(69)72-63-64(62-71-65(68)59-56-53-50-47-44-41-38-27-24-21-18-15-12-9-6-3)73-67(70)61-58-55-52-49-46-43-40-37-34-31-29-26-23-20-17-14-11-8-5-2/h8,11,17-18,20-21,25-29,34,37-38,43-44,46-47,64H,4-7,9-10,12-16,19,22-24,30-33,35-36,39-42,45,48-63H2,1-3H3/b11-8-,20-17-,21-18-,28-25-,29-26-,37-34-,38-27-,46-43-,47-44-/t64-/m1/s1. The van der Waals surface area contributed by atoms with E-state index in [2.05, 4.69) is 130 Å². The van der Waals surface area contributed by atoms with Crippen LogP contribution in [0, 0.1) is 0 Å². The zero-order valence-electron chi connectivity index (χ0n) is 47.6. The molecule has 0 saturated carbocycles. The van der Waals surface area contributed by atoms with Crippen molar-refractivity contribution in [2.45, 2.75) is 284 Å². The third kappa shape index (κ3) is 58.8. The van der Waals surface area contributed by atoms with Gasteiger partial charge in [0.25, 0.3) is 0 Å². The molecule has 0 bridgehead atoms. The summed E-state index contributed by atoms with van der Waals surface area (Å²) in [4.78, 5) is 38.2. The number of hydrogen-bond donors (Lipinski definition) is 0. The number of carbonyl (C=O) groups excluding carboxylic acids is 3. The lowest BCUT2D eigenvalue weighted by Gasteiger charge is -2.18. The second-order valence-corrected chi connectivity index (χ2v) is 19.9. The fourth-order valence-corrected chi connectivity index (χ4v) is 8.18. The molecule has 6 heteroatoms. The Hall–Kier alpha value is -3.93. The van der Waals surface area contributed by atoms with Crippen molar-refractivity contribution in [2.75, 3.05) is 13.2 Å². The molecule has 0 aromatic carbocycles. The molecule has 0 radical (unpaired) electrons. The van der Waals surface area contributed by atoms with Crippen LogP contribution in [0.15, 0.2) is 109 Å². The zero-order valence-corrected chi connectivity index (χ0v) is 47.6. The molecule has 0 saturated heterocycles. The van der Waals surface area contributed by atoms with E-state index in [1.54, 1.807) is 0 Å². The minimum atomic E-state index is -0.814. The molecule has 0 fully saturated rings. The summed E-state index contributed by atoms with van der Waals surface area (Å²) in [6.07, 6.45) is 82.3. The van der Waals surface area contributed by atoms with E-state index < -0.39 is 6.10 Å². The van der Waals surface area contributed by atoms with E-state index in [1.165, 1.54) is 128 Å². The molecule has 73 heavy (non-hydrogen) atoms. The van der Waals surface area contributed by atoms with Gasteiger partial charge in [-0.05, 0) is 128 Å². The van der Waals surface area contributed by atoms with Crippen LogP contribution in [-0.2, 0) is 28.6 Å². The molecule has 0 aromatic heterocycles. The maximum atomic E-state index is 12.9. The van der Waals surface area contributed by atoms with Gasteiger partial charge in [0.1, 0.15) is 13.2 Å². The summed E-state index contributed by atoms with van der Waals surface area (Å²) in [5.41, 5.74) is 0. The van der Waals surface area contributed by atoms with E-state index >= 15 is 0 Å². The van der Waals surface area contributed by atoms with Crippen LogP contribution in [0.4, 0.5) is 0 Å². The molecule has 0 aliphatic heterocycles. The molecule has 0 spiro atoms. The van der Waals surface area contributed by atoms with E-state index in [4.69, 9.17) is 14.2 Å². The molecule has 416 valence electrons. The second kappa shape index (κ2) is 60.6. The molecule has 0 unspecified atom stereocenters. The molecule has 1 atom stereocenters. The number of ether oxygens (including phenoxy) is 3. The van der Waals surface area contributed by atoms with Gasteiger partial charge < -0.3 is 14.2 Å². The van der Waals surface area contributed by atoms with Gasteiger partial charge in [0, 0.05) is 19.3 Å². The van der Waals surface area contributed by atoms with Crippen LogP contribution < -0.4 is 0 Å². The summed E-state index contributed by atoms with van der Waals surface area (Å²) < 4.78 is 16.8. The number of unbranched alkanes of at least 4 members (excludes halogenated alkanes) is 25. The molecule has 0 heterocycles. The number of esters is 3. The Labute approximate surface area is 450 Å². The highest BCUT2D eigenvalue weighted by Crippen LogP contribution is 2.15. The summed E-state index contributed by atoms with van der Waals surface area (Å²) in [5.74, 6) is -0.975. The van der Waals surface area contributed by atoms with Crippen LogP contribution in [0.3, 0.4) is 0 Å². The zero-order chi connectivity index (χ0) is 52.9. The minimum absolute atomic E-state index is 0.105. The lowest BCUT2D eigenvalue weighted by atomic mass is 10.0. The molecule has 0 amide bonds. The monoisotopic (exact) mass is 1010 g/mol. The summed E-state index contributed by atoms with van der Waals surface area (Å²) in [7, 11) is 0. The smallest absolute Gasteiger partial charge is 0.306 e. The maximum absolute atomic E-state index is 12.9. The van der Waals surface area contributed by atoms with Crippen molar-refractivity contribution in [3.63, 3.8) is 0 Å². The molecule has 0 aliphatic carbocycles. The van der Waals surface area contributed by atoms with E-state index in [9.17, 15) is 14.4 Å². The number of allylic oxidation sites excluding steroid dienone is 18. The summed E-state index contributed by atoms with van der Waals surface area (Å²) >= 11 is 0. The fourth-order valence-electron chi connectivity index (χ4n) is 8.18. The quantitative estimate of drug-likeness (QED) is 0.0261. The molecule has 0 aromatic rings. The van der Waals surface area contributed by atoms with Crippen LogP contribution in [-0.4, -0.2) is 37.2 Å². The Balaban J connectivity index is 4.47. The van der Waals surface area contributed by atoms with E-state index in [-0.39, 0.29) is 37.5 Å². The summed E-state index contributed by atoms with van der Waals surface area (Å²) in [6, 6.07) is 0. The Morgan fingerprint density at radius 2 is 0.534 bits per heavy atom. The lowest BCUT2D eigenvalue weighted by molar-refractivity contribution is -0.167. The average Bonchev–Trinajstić information content (AvgIpc) is 3.39. The Morgan fingerprint density at radius 1 is 0.288 bits per heavy atom. The Morgan fingerprint density at radius 3 is 0.918 bits per heavy atom. The molecular weight excluding hydrogens is 901 g/mol. The first-order valence-corrected chi connectivity index (χ1v) is 30.4. The van der Waals surface area contributed by atoms with Gasteiger partial charge in [0.15, 0.2) is 6.10 Å². The molecule has 0 N–H and O–H groups in total. The Kier molecular flexibility index (Phi) is 57.4. The SMILES string of the molecule is CC/C=C\C/C=C\C/C=C\C/C=C\C/C=C\CCCCCC(=O)O[C@H](COC(=O)CCCC/C=C\C/C=C\C/C=C\CCCCC)COC(=O)CCCCCCCCCCCCC/C=C\CCCCCCCC. The van der Waals surface area contributed by atoms with Gasteiger partial charge in [0.05, 0.1) is 0 Å². The van der Waals surface area contributed by atoms with Gasteiger partial charge in [-0.3, -0.25) is 14.4 Å². The highest BCUT2D eigenvalue weighted by atomic mass is 16.6. The first-order valence-electron chi connectivity index (χ1n) is 30.4. The molecular formula is C67H112O6. The number of carbonyl (C=O) groups is 3. The highest BCUT2D eigenvalue weighted by Gasteiger charge is 2.19. The van der Waals surface area contributed by atoms with Crippen LogP contribution in [0.2, 0.25) is 0 Å². The van der Waals surface area contributed by atoms with Crippen molar-refractivity contribution >= 4 is 17.9 Å². The second-order valence-electron chi connectivity index (χ2n) is 19.9.